The molecule has 0 radical (unpaired) electrons. The fraction of sp³-hybridized carbons (Fsp3) is 1.00. The number of sulfone groups is 1. The summed E-state index contributed by atoms with van der Waals surface area (Å²) in [6, 6.07) is 0. The monoisotopic (exact) mass is 207 g/mol. The molecule has 2 N–H and O–H groups in total. The Kier molecular flexibility index (Phi) is 2.99. The summed E-state index contributed by atoms with van der Waals surface area (Å²) in [7, 11) is -2.92. The molecule has 1 atom stereocenters. The van der Waals surface area contributed by atoms with Gasteiger partial charge in [-0.3, -0.25) is 0 Å². The van der Waals surface area contributed by atoms with E-state index in [2.05, 4.69) is 0 Å². The molecule has 1 unspecified atom stereocenters. The van der Waals surface area contributed by atoms with Crippen molar-refractivity contribution in [3.05, 3.63) is 0 Å². The fourth-order valence-corrected chi connectivity index (χ4v) is 3.65. The Labute approximate surface area is 79.4 Å². The first-order valence-electron chi connectivity index (χ1n) is 4.47. The van der Waals surface area contributed by atoms with E-state index in [0.717, 1.165) is 0 Å². The summed E-state index contributed by atoms with van der Waals surface area (Å²) >= 11 is 0. The van der Waals surface area contributed by atoms with Crippen LogP contribution in [-0.4, -0.2) is 38.2 Å². The van der Waals surface area contributed by atoms with Gasteiger partial charge in [-0.15, -0.1) is 0 Å². The van der Waals surface area contributed by atoms with Crippen molar-refractivity contribution >= 4 is 9.84 Å². The van der Waals surface area contributed by atoms with Gasteiger partial charge in [-0.2, -0.15) is 0 Å². The van der Waals surface area contributed by atoms with Gasteiger partial charge in [0.05, 0.1) is 23.2 Å². The van der Waals surface area contributed by atoms with Gasteiger partial charge in [-0.25, -0.2) is 8.42 Å². The van der Waals surface area contributed by atoms with Crippen molar-refractivity contribution in [3.63, 3.8) is 0 Å². The second-order valence-electron chi connectivity index (χ2n) is 3.90. The molecule has 0 aromatic rings. The van der Waals surface area contributed by atoms with E-state index >= 15 is 0 Å². The van der Waals surface area contributed by atoms with Crippen LogP contribution in [0, 0.1) is 0 Å². The number of rotatable bonds is 3. The summed E-state index contributed by atoms with van der Waals surface area (Å²) in [5, 5.41) is 0. The highest BCUT2D eigenvalue weighted by Gasteiger charge is 2.42. The summed E-state index contributed by atoms with van der Waals surface area (Å²) in [6.45, 7) is 4.06. The normalized spacial score (nSPS) is 32.6. The van der Waals surface area contributed by atoms with E-state index in [9.17, 15) is 8.42 Å². The molecule has 0 aromatic carbocycles. The molecular formula is C8H17NO3S. The van der Waals surface area contributed by atoms with Crippen LogP contribution in [0.15, 0.2) is 0 Å². The molecule has 0 aliphatic carbocycles. The molecule has 1 rings (SSSR count). The minimum absolute atomic E-state index is 0.0249. The molecule has 1 aliphatic rings. The van der Waals surface area contributed by atoms with E-state index in [-0.39, 0.29) is 24.2 Å². The van der Waals surface area contributed by atoms with Gasteiger partial charge in [0.25, 0.3) is 0 Å². The zero-order chi connectivity index (χ0) is 10.1. The van der Waals surface area contributed by atoms with Gasteiger partial charge in [0.1, 0.15) is 0 Å². The molecule has 0 aromatic heterocycles. The van der Waals surface area contributed by atoms with Crippen molar-refractivity contribution < 1.29 is 13.2 Å². The second kappa shape index (κ2) is 3.55. The Morgan fingerprint density at radius 3 is 2.46 bits per heavy atom. The first kappa shape index (κ1) is 10.9. The first-order valence-corrected chi connectivity index (χ1v) is 6.30. The van der Waals surface area contributed by atoms with Gasteiger partial charge in [-0.1, -0.05) is 0 Å². The Bertz CT molecular complexity index is 273. The largest absolute Gasteiger partial charge is 0.370 e. The predicted molar refractivity (Wildman–Crippen MR) is 51.3 cm³/mol. The zero-order valence-corrected chi connectivity index (χ0v) is 8.93. The zero-order valence-electron chi connectivity index (χ0n) is 8.12. The quantitative estimate of drug-likeness (QED) is 0.703. The number of nitrogens with two attached hydrogens (primary N) is 1. The lowest BCUT2D eigenvalue weighted by atomic mass is 10.0. The van der Waals surface area contributed by atoms with Crippen LogP contribution in [-0.2, 0) is 14.6 Å². The molecule has 0 saturated carbocycles. The predicted octanol–water partition coefficient (Wildman–Crippen LogP) is -0.0726. The van der Waals surface area contributed by atoms with Gasteiger partial charge in [0.15, 0.2) is 9.84 Å². The van der Waals surface area contributed by atoms with Gasteiger partial charge >= 0.3 is 0 Å². The lowest BCUT2D eigenvalue weighted by Gasteiger charge is -2.28. The average Bonchev–Trinajstić information content (AvgIpc) is 2.26. The van der Waals surface area contributed by atoms with Gasteiger partial charge in [0, 0.05) is 6.54 Å². The number of ether oxygens (including phenoxy) is 1. The summed E-state index contributed by atoms with van der Waals surface area (Å²) in [5.74, 6) is 0.283. The molecule has 0 bridgehead atoms. The standard InChI is InChI=1S/C8H17NO3S/c1-7(2)12-8(5-9)3-4-13(10,11)6-8/h7H,3-6,9H2,1-2H3. The third-order valence-electron chi connectivity index (χ3n) is 2.21. The van der Waals surface area contributed by atoms with E-state index in [1.165, 1.54) is 0 Å². The van der Waals surface area contributed by atoms with E-state index < -0.39 is 15.4 Å². The molecule has 1 aliphatic heterocycles. The van der Waals surface area contributed by atoms with Crippen LogP contribution in [0.4, 0.5) is 0 Å². The van der Waals surface area contributed by atoms with Crippen LogP contribution in [0.1, 0.15) is 20.3 Å². The Morgan fingerprint density at radius 2 is 2.15 bits per heavy atom. The molecule has 4 nitrogen and oxygen atoms in total. The van der Waals surface area contributed by atoms with Crippen LogP contribution < -0.4 is 5.73 Å². The third-order valence-corrected chi connectivity index (χ3v) is 4.00. The minimum Gasteiger partial charge on any atom is -0.370 e. The number of hydrogen-bond donors (Lipinski definition) is 1. The summed E-state index contributed by atoms with van der Waals surface area (Å²) in [4.78, 5) is 0. The third kappa shape index (κ3) is 2.65. The highest BCUT2D eigenvalue weighted by atomic mass is 32.2. The fourth-order valence-electron chi connectivity index (χ4n) is 1.69. The smallest absolute Gasteiger partial charge is 0.153 e. The lowest BCUT2D eigenvalue weighted by Crippen LogP contribution is -2.43. The van der Waals surface area contributed by atoms with Crippen molar-refractivity contribution in [1.82, 2.24) is 0 Å². The van der Waals surface area contributed by atoms with Crippen LogP contribution in [0.2, 0.25) is 0 Å². The first-order chi connectivity index (χ1) is 5.89. The van der Waals surface area contributed by atoms with E-state index in [0.29, 0.717) is 6.42 Å². The highest BCUT2D eigenvalue weighted by Crippen LogP contribution is 2.27. The van der Waals surface area contributed by atoms with Crippen LogP contribution in [0.5, 0.6) is 0 Å². The van der Waals surface area contributed by atoms with Crippen LogP contribution in [0.3, 0.4) is 0 Å². The summed E-state index contributed by atoms with van der Waals surface area (Å²) in [6.07, 6.45) is 0.557. The van der Waals surface area contributed by atoms with Crippen molar-refractivity contribution in [2.45, 2.75) is 32.0 Å². The molecule has 1 fully saturated rings. The maximum atomic E-state index is 11.3. The average molecular weight is 207 g/mol. The molecule has 1 saturated heterocycles. The van der Waals surface area contributed by atoms with Crippen molar-refractivity contribution in [2.75, 3.05) is 18.1 Å². The van der Waals surface area contributed by atoms with Gasteiger partial charge in [-0.05, 0) is 20.3 Å². The van der Waals surface area contributed by atoms with Crippen molar-refractivity contribution in [1.29, 1.82) is 0 Å². The van der Waals surface area contributed by atoms with Crippen LogP contribution in [0.25, 0.3) is 0 Å². The maximum absolute atomic E-state index is 11.3. The topological polar surface area (TPSA) is 69.4 Å². The van der Waals surface area contributed by atoms with Crippen LogP contribution >= 0.6 is 0 Å². The van der Waals surface area contributed by atoms with Crippen molar-refractivity contribution in [3.8, 4) is 0 Å². The molecule has 13 heavy (non-hydrogen) atoms. The molecule has 78 valence electrons. The molecule has 5 heteroatoms. The van der Waals surface area contributed by atoms with E-state index in [1.54, 1.807) is 0 Å². The Balaban J connectivity index is 2.74. The maximum Gasteiger partial charge on any atom is 0.153 e. The summed E-state index contributed by atoms with van der Waals surface area (Å²) in [5.41, 5.74) is 4.93. The highest BCUT2D eigenvalue weighted by molar-refractivity contribution is 7.91. The minimum atomic E-state index is -2.92. The summed E-state index contributed by atoms with van der Waals surface area (Å²) < 4.78 is 28.1. The SMILES string of the molecule is CC(C)OC1(CN)CCS(=O)(=O)C1. The van der Waals surface area contributed by atoms with Gasteiger partial charge in [0.2, 0.25) is 0 Å². The van der Waals surface area contributed by atoms with E-state index in [1.807, 2.05) is 13.8 Å². The molecule has 0 spiro atoms. The van der Waals surface area contributed by atoms with E-state index in [4.69, 9.17) is 10.5 Å². The molecule has 1 heterocycles. The lowest BCUT2D eigenvalue weighted by molar-refractivity contribution is -0.0562. The Hall–Kier alpha value is -0.130. The van der Waals surface area contributed by atoms with Gasteiger partial charge < -0.3 is 10.5 Å². The molecular weight excluding hydrogens is 190 g/mol. The molecule has 0 amide bonds. The second-order valence-corrected chi connectivity index (χ2v) is 6.08. The number of hydrogen-bond acceptors (Lipinski definition) is 4. The van der Waals surface area contributed by atoms with Crippen molar-refractivity contribution in [2.24, 2.45) is 5.73 Å². The Morgan fingerprint density at radius 1 is 1.54 bits per heavy atom.